The summed E-state index contributed by atoms with van der Waals surface area (Å²) < 4.78 is 0.868. The maximum absolute atomic E-state index is 13.0. The predicted molar refractivity (Wildman–Crippen MR) is 105 cm³/mol. The second kappa shape index (κ2) is 7.48. The van der Waals surface area contributed by atoms with Crippen LogP contribution in [-0.4, -0.2) is 34.8 Å². The number of carbonyl (C=O) groups is 2. The molecule has 2 amide bonds. The highest BCUT2D eigenvalue weighted by Crippen LogP contribution is 2.43. The Bertz CT molecular complexity index is 816. The van der Waals surface area contributed by atoms with Crippen LogP contribution < -0.4 is 5.32 Å². The van der Waals surface area contributed by atoms with Gasteiger partial charge in [-0.15, -0.1) is 11.3 Å². The summed E-state index contributed by atoms with van der Waals surface area (Å²) >= 11 is 4.86. The van der Waals surface area contributed by atoms with E-state index in [0.717, 1.165) is 28.7 Å². The molecule has 0 radical (unpaired) electrons. The molecule has 0 aromatic carbocycles. The molecule has 2 aromatic heterocycles. The Hall–Kier alpha value is -1.73. The zero-order chi connectivity index (χ0) is 18.1. The second-order valence-corrected chi connectivity index (χ2v) is 8.75. The lowest BCUT2D eigenvalue weighted by atomic mass is 9.96. The molecule has 3 heterocycles. The minimum Gasteiger partial charge on any atom is -0.337 e. The van der Waals surface area contributed by atoms with Crippen LogP contribution in [0.5, 0.6) is 0 Å². The summed E-state index contributed by atoms with van der Waals surface area (Å²) in [7, 11) is 0. The van der Waals surface area contributed by atoms with Crippen molar-refractivity contribution in [2.45, 2.75) is 31.6 Å². The molecule has 1 aliphatic carbocycles. The maximum atomic E-state index is 13.0. The fraction of sp³-hybridized carbons (Fsp3) is 0.421. The quantitative estimate of drug-likeness (QED) is 0.782. The minimum absolute atomic E-state index is 0.0640. The van der Waals surface area contributed by atoms with Crippen molar-refractivity contribution in [1.29, 1.82) is 0 Å². The average Bonchev–Trinajstić information content (AvgIpc) is 3.39. The average molecular weight is 434 g/mol. The van der Waals surface area contributed by atoms with Crippen LogP contribution in [0.3, 0.4) is 0 Å². The molecule has 1 saturated carbocycles. The standard InChI is InChI=1S/C19H20BrN3O2S/c20-14-5-6-16(21-10-14)22-18(24)13-2-1-8-23(11-13)19(25)17-15(7-9-26-17)12-3-4-12/h5-7,9-10,12-13H,1-4,8,11H2,(H,21,22,24). The van der Waals surface area contributed by atoms with E-state index < -0.39 is 0 Å². The molecule has 1 atom stereocenters. The molecule has 0 spiro atoms. The van der Waals surface area contributed by atoms with E-state index in [2.05, 4.69) is 32.3 Å². The number of aromatic nitrogens is 1. The van der Waals surface area contributed by atoms with E-state index in [-0.39, 0.29) is 17.7 Å². The number of nitrogens with one attached hydrogen (secondary N) is 1. The van der Waals surface area contributed by atoms with Gasteiger partial charge in [-0.25, -0.2) is 4.98 Å². The summed E-state index contributed by atoms with van der Waals surface area (Å²) in [6.07, 6.45) is 5.67. The Morgan fingerprint density at radius 3 is 2.81 bits per heavy atom. The van der Waals surface area contributed by atoms with E-state index in [9.17, 15) is 9.59 Å². The fourth-order valence-electron chi connectivity index (χ4n) is 3.41. The number of nitrogens with zero attached hydrogens (tertiary/aromatic N) is 2. The highest BCUT2D eigenvalue weighted by molar-refractivity contribution is 9.10. The van der Waals surface area contributed by atoms with Crippen molar-refractivity contribution in [3.8, 4) is 0 Å². The van der Waals surface area contributed by atoms with Gasteiger partial charge in [0.2, 0.25) is 5.91 Å². The van der Waals surface area contributed by atoms with Crippen LogP contribution >= 0.6 is 27.3 Å². The SMILES string of the molecule is O=C(Nc1ccc(Br)cn1)C1CCCN(C(=O)c2sccc2C2CC2)C1. The molecule has 5 nitrogen and oxygen atoms in total. The highest BCUT2D eigenvalue weighted by Gasteiger charge is 2.33. The number of piperidine rings is 1. The Kier molecular flexibility index (Phi) is 5.09. The number of likely N-dealkylation sites (tertiary alicyclic amines) is 1. The van der Waals surface area contributed by atoms with Crippen LogP contribution in [0.2, 0.25) is 0 Å². The largest absolute Gasteiger partial charge is 0.337 e. The van der Waals surface area contributed by atoms with Gasteiger partial charge in [-0.2, -0.15) is 0 Å². The number of hydrogen-bond donors (Lipinski definition) is 1. The molecule has 26 heavy (non-hydrogen) atoms. The molecular weight excluding hydrogens is 414 g/mol. The fourth-order valence-corrected chi connectivity index (χ4v) is 4.59. The lowest BCUT2D eigenvalue weighted by Crippen LogP contribution is -2.43. The van der Waals surface area contributed by atoms with Crippen LogP contribution in [0, 0.1) is 5.92 Å². The van der Waals surface area contributed by atoms with Gasteiger partial charge in [-0.05, 0) is 76.7 Å². The van der Waals surface area contributed by atoms with Crippen LogP contribution in [0.15, 0.2) is 34.2 Å². The minimum atomic E-state index is -0.192. The number of halogens is 1. The molecule has 0 bridgehead atoms. The summed E-state index contributed by atoms with van der Waals surface area (Å²) in [5, 5.41) is 4.87. The van der Waals surface area contributed by atoms with Crippen molar-refractivity contribution in [1.82, 2.24) is 9.88 Å². The molecule has 2 aromatic rings. The van der Waals surface area contributed by atoms with Crippen molar-refractivity contribution in [2.75, 3.05) is 18.4 Å². The van der Waals surface area contributed by atoms with E-state index in [1.807, 2.05) is 16.3 Å². The predicted octanol–water partition coefficient (Wildman–Crippen LogP) is 4.27. The molecule has 1 unspecified atom stereocenters. The monoisotopic (exact) mass is 433 g/mol. The maximum Gasteiger partial charge on any atom is 0.264 e. The second-order valence-electron chi connectivity index (χ2n) is 6.92. The van der Waals surface area contributed by atoms with Gasteiger partial charge < -0.3 is 10.2 Å². The van der Waals surface area contributed by atoms with Gasteiger partial charge in [0.25, 0.3) is 5.91 Å². The van der Waals surface area contributed by atoms with E-state index in [0.29, 0.717) is 18.3 Å². The number of carbonyl (C=O) groups excluding carboxylic acids is 2. The molecule has 7 heteroatoms. The first kappa shape index (κ1) is 17.7. The Morgan fingerprint density at radius 2 is 2.08 bits per heavy atom. The lowest BCUT2D eigenvalue weighted by Gasteiger charge is -2.32. The Balaban J connectivity index is 1.41. The van der Waals surface area contributed by atoms with E-state index in [1.165, 1.54) is 29.7 Å². The summed E-state index contributed by atoms with van der Waals surface area (Å²) in [5.74, 6) is 0.929. The van der Waals surface area contributed by atoms with Gasteiger partial charge >= 0.3 is 0 Å². The summed E-state index contributed by atoms with van der Waals surface area (Å²) in [5.41, 5.74) is 1.20. The molecule has 136 valence electrons. The first-order chi connectivity index (χ1) is 12.6. The third-order valence-corrected chi connectivity index (χ3v) is 6.35. The van der Waals surface area contributed by atoms with Gasteiger partial charge in [0.1, 0.15) is 5.82 Å². The third-order valence-electron chi connectivity index (χ3n) is 4.97. The summed E-state index contributed by atoms with van der Waals surface area (Å²) in [6.45, 7) is 1.20. The molecular formula is C19H20BrN3O2S. The summed E-state index contributed by atoms with van der Waals surface area (Å²) in [6, 6.07) is 5.69. The van der Waals surface area contributed by atoms with Crippen molar-refractivity contribution >= 4 is 44.9 Å². The van der Waals surface area contributed by atoms with Gasteiger partial charge in [0, 0.05) is 23.8 Å². The lowest BCUT2D eigenvalue weighted by molar-refractivity contribution is -0.121. The zero-order valence-corrected chi connectivity index (χ0v) is 16.7. The number of rotatable bonds is 4. The number of thiophene rings is 1. The van der Waals surface area contributed by atoms with E-state index in [4.69, 9.17) is 0 Å². The van der Waals surface area contributed by atoms with Crippen molar-refractivity contribution in [3.05, 3.63) is 44.7 Å². The molecule has 1 N–H and O–H groups in total. The Labute approximate surface area is 164 Å². The van der Waals surface area contributed by atoms with Gasteiger partial charge in [-0.1, -0.05) is 0 Å². The number of hydrogen-bond acceptors (Lipinski definition) is 4. The number of amides is 2. The normalized spacial score (nSPS) is 20.0. The van der Waals surface area contributed by atoms with Crippen molar-refractivity contribution in [3.63, 3.8) is 0 Å². The van der Waals surface area contributed by atoms with Gasteiger partial charge in [-0.3, -0.25) is 9.59 Å². The summed E-state index contributed by atoms with van der Waals surface area (Å²) in [4.78, 5) is 32.5. The molecule has 1 aliphatic heterocycles. The topological polar surface area (TPSA) is 62.3 Å². The molecule has 2 aliphatic rings. The number of anilines is 1. The van der Waals surface area contributed by atoms with E-state index in [1.54, 1.807) is 12.3 Å². The van der Waals surface area contributed by atoms with Gasteiger partial charge in [0.05, 0.1) is 10.8 Å². The third kappa shape index (κ3) is 3.83. The van der Waals surface area contributed by atoms with Gasteiger partial charge in [0.15, 0.2) is 0 Å². The number of pyridine rings is 1. The molecule has 2 fully saturated rings. The smallest absolute Gasteiger partial charge is 0.264 e. The molecule has 1 saturated heterocycles. The highest BCUT2D eigenvalue weighted by atomic mass is 79.9. The Morgan fingerprint density at radius 1 is 1.23 bits per heavy atom. The first-order valence-electron chi connectivity index (χ1n) is 8.91. The first-order valence-corrected chi connectivity index (χ1v) is 10.6. The van der Waals surface area contributed by atoms with Crippen molar-refractivity contribution in [2.24, 2.45) is 5.92 Å². The van der Waals surface area contributed by atoms with Crippen molar-refractivity contribution < 1.29 is 9.59 Å². The molecule has 4 rings (SSSR count). The van der Waals surface area contributed by atoms with Crippen LogP contribution in [0.4, 0.5) is 5.82 Å². The van der Waals surface area contributed by atoms with E-state index >= 15 is 0 Å². The van der Waals surface area contributed by atoms with Crippen LogP contribution in [0.1, 0.15) is 46.8 Å². The van der Waals surface area contributed by atoms with Crippen LogP contribution in [0.25, 0.3) is 0 Å². The zero-order valence-electron chi connectivity index (χ0n) is 14.3. The van der Waals surface area contributed by atoms with Crippen LogP contribution in [-0.2, 0) is 4.79 Å².